The molecule has 0 bridgehead atoms. The Balaban J connectivity index is 1.86. The predicted molar refractivity (Wildman–Crippen MR) is 115 cm³/mol. The second-order valence-electron chi connectivity index (χ2n) is 7.82. The first-order chi connectivity index (χ1) is 13.0. The third-order valence-corrected chi connectivity index (χ3v) is 7.08. The molecular weight excluding hydrogens is 392 g/mol. The summed E-state index contributed by atoms with van der Waals surface area (Å²) >= 11 is 5.23. The Morgan fingerprint density at radius 1 is 1.11 bits per heavy atom. The van der Waals surface area contributed by atoms with Crippen LogP contribution in [0, 0.1) is 20.8 Å². The summed E-state index contributed by atoms with van der Waals surface area (Å²) in [6, 6.07) is 9.67. The Hall–Kier alpha value is -2.12. The Kier molecular flexibility index (Phi) is 5.42. The quantitative estimate of drug-likeness (QED) is 0.742. The lowest BCUT2D eigenvalue weighted by Crippen LogP contribution is -2.39. The van der Waals surface area contributed by atoms with Crippen LogP contribution in [0.2, 0.25) is 0 Å². The molecule has 0 amide bonds. The maximum atomic E-state index is 13.1. The summed E-state index contributed by atoms with van der Waals surface area (Å²) in [5.41, 5.74) is 3.90. The van der Waals surface area contributed by atoms with E-state index < -0.39 is 10.0 Å². The van der Waals surface area contributed by atoms with Gasteiger partial charge in [-0.05, 0) is 69.1 Å². The largest absolute Gasteiger partial charge is 0.487 e. The summed E-state index contributed by atoms with van der Waals surface area (Å²) in [5, 5.41) is 3.04. The predicted octanol–water partition coefficient (Wildman–Crippen LogP) is 3.68. The zero-order chi connectivity index (χ0) is 20.7. The highest BCUT2D eigenvalue weighted by Crippen LogP contribution is 2.43. The van der Waals surface area contributed by atoms with Gasteiger partial charge < -0.3 is 10.1 Å². The molecule has 150 valence electrons. The minimum Gasteiger partial charge on any atom is -0.487 e. The topological polar surface area (TPSA) is 67.4 Å². The molecule has 2 aromatic carbocycles. The van der Waals surface area contributed by atoms with Crippen molar-refractivity contribution < 1.29 is 13.2 Å². The third-order valence-electron chi connectivity index (χ3n) is 5.08. The summed E-state index contributed by atoms with van der Waals surface area (Å²) in [6.07, 6.45) is 0.675. The molecular formula is C21H26N2O3S2. The number of fused-ring (bicyclic) bond motifs is 1. The Bertz CT molecular complexity index is 1030. The van der Waals surface area contributed by atoms with Crippen LogP contribution in [0.15, 0.2) is 35.2 Å². The molecule has 0 spiro atoms. The minimum atomic E-state index is -3.82. The van der Waals surface area contributed by atoms with Gasteiger partial charge in [0.05, 0.1) is 4.90 Å². The lowest BCUT2D eigenvalue weighted by atomic mass is 9.94. The van der Waals surface area contributed by atoms with E-state index in [0.717, 1.165) is 28.0 Å². The van der Waals surface area contributed by atoms with Gasteiger partial charge in [0.1, 0.15) is 11.4 Å². The van der Waals surface area contributed by atoms with E-state index in [0.29, 0.717) is 18.5 Å². The fraction of sp³-hybridized carbons (Fsp3) is 0.381. The van der Waals surface area contributed by atoms with Crippen LogP contribution in [-0.4, -0.2) is 19.1 Å². The van der Waals surface area contributed by atoms with E-state index in [-0.39, 0.29) is 15.6 Å². The minimum absolute atomic E-state index is 0.0809. The van der Waals surface area contributed by atoms with Crippen LogP contribution in [0.4, 0.5) is 0 Å². The molecule has 1 aliphatic heterocycles. The molecule has 2 aromatic rings. The number of nitrogens with one attached hydrogen (secondary N) is 2. The summed E-state index contributed by atoms with van der Waals surface area (Å²) in [6.45, 7) is 10.0. The van der Waals surface area contributed by atoms with Crippen molar-refractivity contribution in [3.8, 4) is 5.75 Å². The first-order valence-corrected chi connectivity index (χ1v) is 11.1. The van der Waals surface area contributed by atoms with E-state index >= 15 is 0 Å². The third kappa shape index (κ3) is 4.00. The number of sulfonamides is 1. The van der Waals surface area contributed by atoms with E-state index in [1.165, 1.54) is 0 Å². The molecule has 1 aliphatic rings. The molecule has 0 aromatic heterocycles. The highest BCUT2D eigenvalue weighted by Gasteiger charge is 2.36. The van der Waals surface area contributed by atoms with E-state index in [2.05, 4.69) is 10.0 Å². The molecule has 0 unspecified atom stereocenters. The van der Waals surface area contributed by atoms with Gasteiger partial charge in [0.25, 0.3) is 10.0 Å². The molecule has 1 heterocycles. The Morgan fingerprint density at radius 2 is 1.75 bits per heavy atom. The molecule has 0 atom stereocenters. The number of thiocarbonyl (C=S) groups is 1. The zero-order valence-corrected chi connectivity index (χ0v) is 18.5. The van der Waals surface area contributed by atoms with Crippen molar-refractivity contribution in [2.75, 3.05) is 0 Å². The van der Waals surface area contributed by atoms with Crippen molar-refractivity contribution in [3.05, 3.63) is 58.1 Å². The van der Waals surface area contributed by atoms with Crippen LogP contribution in [-0.2, 0) is 23.0 Å². The van der Waals surface area contributed by atoms with Crippen molar-refractivity contribution in [1.82, 2.24) is 10.0 Å². The standard InChI is InChI=1S/C21H26N2O3S2/c1-13-14(2)19(15(3)17-11-21(4,5)26-18(13)17)28(24,25)23-20(27)22-12-16-9-7-6-8-10-16/h6-10H,11-12H2,1-5H3,(H2,22,23,27). The van der Waals surface area contributed by atoms with Crippen LogP contribution in [0.3, 0.4) is 0 Å². The molecule has 5 nitrogen and oxygen atoms in total. The normalized spacial score (nSPS) is 14.9. The van der Waals surface area contributed by atoms with Crippen LogP contribution in [0.1, 0.15) is 41.7 Å². The fourth-order valence-corrected chi connectivity index (χ4v) is 5.54. The van der Waals surface area contributed by atoms with Gasteiger partial charge in [-0.1, -0.05) is 30.3 Å². The molecule has 2 N–H and O–H groups in total. The van der Waals surface area contributed by atoms with E-state index in [1.807, 2.05) is 65.0 Å². The number of hydrogen-bond acceptors (Lipinski definition) is 4. The van der Waals surface area contributed by atoms with E-state index in [4.69, 9.17) is 17.0 Å². The van der Waals surface area contributed by atoms with Gasteiger partial charge in [0, 0.05) is 18.5 Å². The van der Waals surface area contributed by atoms with Crippen molar-refractivity contribution in [3.63, 3.8) is 0 Å². The highest BCUT2D eigenvalue weighted by atomic mass is 32.2. The molecule has 0 fully saturated rings. The first-order valence-electron chi connectivity index (χ1n) is 9.18. The lowest BCUT2D eigenvalue weighted by molar-refractivity contribution is 0.137. The van der Waals surface area contributed by atoms with Crippen LogP contribution in [0.5, 0.6) is 5.75 Å². The van der Waals surface area contributed by atoms with Crippen molar-refractivity contribution >= 4 is 27.4 Å². The number of hydrogen-bond donors (Lipinski definition) is 2. The van der Waals surface area contributed by atoms with Crippen LogP contribution >= 0.6 is 12.2 Å². The smallest absolute Gasteiger partial charge is 0.264 e. The van der Waals surface area contributed by atoms with Crippen molar-refractivity contribution in [2.24, 2.45) is 0 Å². The average Bonchev–Trinajstić information content (AvgIpc) is 2.94. The fourth-order valence-electron chi connectivity index (χ4n) is 3.64. The second-order valence-corrected chi connectivity index (χ2v) is 9.85. The Morgan fingerprint density at radius 3 is 2.39 bits per heavy atom. The highest BCUT2D eigenvalue weighted by molar-refractivity contribution is 7.92. The SMILES string of the molecule is Cc1c(C)c(S(=O)(=O)NC(=S)NCc2ccccc2)c(C)c2c1OC(C)(C)C2. The van der Waals surface area contributed by atoms with Crippen LogP contribution < -0.4 is 14.8 Å². The maximum absolute atomic E-state index is 13.1. The number of rotatable bonds is 4. The van der Waals surface area contributed by atoms with E-state index in [1.54, 1.807) is 0 Å². The molecule has 0 aliphatic carbocycles. The molecule has 28 heavy (non-hydrogen) atoms. The van der Waals surface area contributed by atoms with Crippen LogP contribution in [0.25, 0.3) is 0 Å². The molecule has 0 saturated heterocycles. The number of ether oxygens (including phenoxy) is 1. The summed E-state index contributed by atoms with van der Waals surface area (Å²) < 4.78 is 34.8. The average molecular weight is 419 g/mol. The van der Waals surface area contributed by atoms with Gasteiger partial charge in [-0.3, -0.25) is 4.72 Å². The van der Waals surface area contributed by atoms with Gasteiger partial charge >= 0.3 is 0 Å². The summed E-state index contributed by atoms with van der Waals surface area (Å²) in [7, 11) is -3.82. The molecule has 7 heteroatoms. The van der Waals surface area contributed by atoms with Gasteiger partial charge in [0.15, 0.2) is 5.11 Å². The summed E-state index contributed by atoms with van der Waals surface area (Å²) in [4.78, 5) is 0.286. The monoisotopic (exact) mass is 418 g/mol. The molecule has 0 saturated carbocycles. The molecule has 0 radical (unpaired) electrons. The van der Waals surface area contributed by atoms with Gasteiger partial charge in [-0.15, -0.1) is 0 Å². The van der Waals surface area contributed by atoms with Crippen molar-refractivity contribution in [1.29, 1.82) is 0 Å². The lowest BCUT2D eigenvalue weighted by Gasteiger charge is -2.19. The van der Waals surface area contributed by atoms with Gasteiger partial charge in [0.2, 0.25) is 0 Å². The van der Waals surface area contributed by atoms with Gasteiger partial charge in [-0.25, -0.2) is 8.42 Å². The molecule has 3 rings (SSSR count). The van der Waals surface area contributed by atoms with Crippen molar-refractivity contribution in [2.45, 2.75) is 58.1 Å². The summed E-state index contributed by atoms with van der Waals surface area (Å²) in [5.74, 6) is 0.809. The Labute approximate surface area is 172 Å². The maximum Gasteiger partial charge on any atom is 0.264 e. The first kappa shape index (κ1) is 20.6. The second kappa shape index (κ2) is 7.37. The zero-order valence-electron chi connectivity index (χ0n) is 16.8. The van der Waals surface area contributed by atoms with E-state index in [9.17, 15) is 8.42 Å². The number of benzene rings is 2. The van der Waals surface area contributed by atoms with Gasteiger partial charge in [-0.2, -0.15) is 0 Å².